The Morgan fingerprint density at radius 3 is 2.83 bits per heavy atom. The lowest BCUT2D eigenvalue weighted by Crippen LogP contribution is -2.10. The van der Waals surface area contributed by atoms with E-state index in [9.17, 15) is 0 Å². The largest absolute Gasteiger partial charge is 0.408 e. The molecule has 2 rings (SSSR count). The normalized spacial score (nSPS) is 11.3. The second-order valence-electron chi connectivity index (χ2n) is 3.97. The summed E-state index contributed by atoms with van der Waals surface area (Å²) in [5.41, 5.74) is 0.824. The van der Waals surface area contributed by atoms with Gasteiger partial charge in [-0.2, -0.15) is 0 Å². The van der Waals surface area contributed by atoms with Gasteiger partial charge in [0.1, 0.15) is 9.88 Å². The predicted molar refractivity (Wildman–Crippen MR) is 70.9 cm³/mol. The van der Waals surface area contributed by atoms with E-state index in [1.165, 1.54) is 11.3 Å². The molecule has 0 aliphatic heterocycles. The SMILES string of the molecule is COCc1nc(CN(C)C)sc1-c1n[nH]c(=S)o1. The zero-order valence-corrected chi connectivity index (χ0v) is 12.0. The molecule has 2 heterocycles. The Balaban J connectivity index is 2.37. The summed E-state index contributed by atoms with van der Waals surface area (Å²) in [5.74, 6) is 0.467. The molecule has 0 aliphatic rings. The van der Waals surface area contributed by atoms with Gasteiger partial charge in [0.15, 0.2) is 0 Å². The highest BCUT2D eigenvalue weighted by atomic mass is 32.1. The molecule has 0 aliphatic carbocycles. The Labute approximate surface area is 114 Å². The number of hydrogen-bond acceptors (Lipinski definition) is 7. The van der Waals surface area contributed by atoms with Crippen LogP contribution >= 0.6 is 23.6 Å². The van der Waals surface area contributed by atoms with E-state index in [0.717, 1.165) is 22.1 Å². The van der Waals surface area contributed by atoms with Crippen LogP contribution in [0.5, 0.6) is 0 Å². The van der Waals surface area contributed by atoms with Crippen LogP contribution in [0.25, 0.3) is 10.8 Å². The van der Waals surface area contributed by atoms with Crippen LogP contribution in [0.3, 0.4) is 0 Å². The van der Waals surface area contributed by atoms with Crippen LogP contribution in [-0.2, 0) is 17.9 Å². The molecule has 2 aromatic rings. The van der Waals surface area contributed by atoms with Crippen molar-refractivity contribution in [3.63, 3.8) is 0 Å². The molecule has 0 atom stereocenters. The average Bonchev–Trinajstić information content (AvgIpc) is 2.85. The summed E-state index contributed by atoms with van der Waals surface area (Å²) in [6.07, 6.45) is 0. The monoisotopic (exact) mass is 286 g/mol. The van der Waals surface area contributed by atoms with Crippen LogP contribution < -0.4 is 0 Å². The molecule has 18 heavy (non-hydrogen) atoms. The molecule has 6 nitrogen and oxygen atoms in total. The zero-order chi connectivity index (χ0) is 13.1. The summed E-state index contributed by atoms with van der Waals surface area (Å²) >= 11 is 6.42. The van der Waals surface area contributed by atoms with Crippen molar-refractivity contribution in [2.24, 2.45) is 0 Å². The molecule has 8 heteroatoms. The molecular formula is C10H14N4O2S2. The standard InChI is InChI=1S/C10H14N4O2S2/c1-14(2)4-7-11-6(5-15-3)8(18-7)9-12-13-10(17)16-9/h4-5H2,1-3H3,(H,13,17). The highest BCUT2D eigenvalue weighted by Gasteiger charge is 2.17. The van der Waals surface area contributed by atoms with Gasteiger partial charge in [-0.25, -0.2) is 10.1 Å². The van der Waals surface area contributed by atoms with E-state index in [2.05, 4.69) is 20.1 Å². The fourth-order valence-electron chi connectivity index (χ4n) is 1.47. The first-order valence-corrected chi connectivity index (χ1v) is 6.50. The summed E-state index contributed by atoms with van der Waals surface area (Å²) in [6.45, 7) is 1.20. The number of nitrogens with one attached hydrogen (secondary N) is 1. The lowest BCUT2D eigenvalue weighted by atomic mass is 10.4. The minimum absolute atomic E-state index is 0.260. The Morgan fingerprint density at radius 2 is 2.28 bits per heavy atom. The first kappa shape index (κ1) is 13.3. The molecule has 0 unspecified atom stereocenters. The number of aromatic amines is 1. The Kier molecular flexibility index (Phi) is 4.23. The topological polar surface area (TPSA) is 67.2 Å². The van der Waals surface area contributed by atoms with E-state index in [0.29, 0.717) is 12.5 Å². The smallest absolute Gasteiger partial charge is 0.284 e. The van der Waals surface area contributed by atoms with E-state index in [1.54, 1.807) is 7.11 Å². The lowest BCUT2D eigenvalue weighted by Gasteiger charge is -2.04. The van der Waals surface area contributed by atoms with E-state index < -0.39 is 0 Å². The maximum Gasteiger partial charge on any atom is 0.284 e. The molecular weight excluding hydrogens is 272 g/mol. The number of aromatic nitrogens is 3. The van der Waals surface area contributed by atoms with Crippen LogP contribution in [0, 0.1) is 4.84 Å². The zero-order valence-electron chi connectivity index (χ0n) is 10.4. The third kappa shape index (κ3) is 3.02. The number of H-pyrrole nitrogens is 1. The number of methoxy groups -OCH3 is 1. The molecule has 0 spiro atoms. The first-order chi connectivity index (χ1) is 8.60. The average molecular weight is 286 g/mol. The molecule has 98 valence electrons. The molecule has 0 saturated heterocycles. The Hall–Kier alpha value is -1.09. The van der Waals surface area contributed by atoms with Crippen molar-refractivity contribution in [2.45, 2.75) is 13.2 Å². The van der Waals surface area contributed by atoms with E-state index in [-0.39, 0.29) is 4.84 Å². The molecule has 0 radical (unpaired) electrons. The highest BCUT2D eigenvalue weighted by molar-refractivity contribution is 7.71. The van der Waals surface area contributed by atoms with Crippen molar-refractivity contribution in [3.05, 3.63) is 15.5 Å². The molecule has 1 N–H and O–H groups in total. The third-order valence-electron chi connectivity index (χ3n) is 2.11. The van der Waals surface area contributed by atoms with Gasteiger partial charge in [0.2, 0.25) is 0 Å². The van der Waals surface area contributed by atoms with Crippen molar-refractivity contribution in [1.29, 1.82) is 0 Å². The van der Waals surface area contributed by atoms with Gasteiger partial charge in [-0.05, 0) is 26.3 Å². The van der Waals surface area contributed by atoms with Crippen LogP contribution in [0.1, 0.15) is 10.7 Å². The summed E-state index contributed by atoms with van der Waals surface area (Å²) < 4.78 is 10.5. The number of nitrogens with zero attached hydrogens (tertiary/aromatic N) is 3. The first-order valence-electron chi connectivity index (χ1n) is 5.28. The third-order valence-corrected chi connectivity index (χ3v) is 3.35. The van der Waals surface area contributed by atoms with E-state index in [1.807, 2.05) is 14.1 Å². The highest BCUT2D eigenvalue weighted by Crippen LogP contribution is 2.30. The van der Waals surface area contributed by atoms with Crippen molar-refractivity contribution in [1.82, 2.24) is 20.1 Å². The van der Waals surface area contributed by atoms with Gasteiger partial charge in [0.05, 0.1) is 12.3 Å². The second-order valence-corrected chi connectivity index (χ2v) is 5.43. The summed E-state index contributed by atoms with van der Waals surface area (Å²) in [6, 6.07) is 0. The van der Waals surface area contributed by atoms with Gasteiger partial charge < -0.3 is 14.1 Å². The molecule has 0 bridgehead atoms. The number of hydrogen-bond donors (Lipinski definition) is 1. The Bertz CT molecular complexity index is 572. The maximum atomic E-state index is 5.32. The second kappa shape index (κ2) is 5.70. The lowest BCUT2D eigenvalue weighted by molar-refractivity contribution is 0.182. The fourth-order valence-corrected chi connectivity index (χ4v) is 2.70. The quantitative estimate of drug-likeness (QED) is 0.849. The van der Waals surface area contributed by atoms with Crippen molar-refractivity contribution in [3.8, 4) is 10.8 Å². The molecule has 0 saturated carbocycles. The number of rotatable bonds is 5. The van der Waals surface area contributed by atoms with E-state index in [4.69, 9.17) is 21.4 Å². The summed E-state index contributed by atoms with van der Waals surface area (Å²) in [5, 5.41) is 7.63. The van der Waals surface area contributed by atoms with Crippen LogP contribution in [-0.4, -0.2) is 41.3 Å². The van der Waals surface area contributed by atoms with Gasteiger partial charge in [-0.1, -0.05) is 0 Å². The van der Waals surface area contributed by atoms with E-state index >= 15 is 0 Å². The van der Waals surface area contributed by atoms with Crippen molar-refractivity contribution in [2.75, 3.05) is 21.2 Å². The molecule has 2 aromatic heterocycles. The minimum atomic E-state index is 0.260. The minimum Gasteiger partial charge on any atom is -0.408 e. The molecule has 0 amide bonds. The van der Waals surface area contributed by atoms with Gasteiger partial charge in [0.25, 0.3) is 10.7 Å². The van der Waals surface area contributed by atoms with Crippen molar-refractivity contribution < 1.29 is 9.15 Å². The van der Waals surface area contributed by atoms with Crippen LogP contribution in [0.15, 0.2) is 4.42 Å². The predicted octanol–water partition coefficient (Wildman–Crippen LogP) is 2.06. The summed E-state index contributed by atoms with van der Waals surface area (Å²) in [7, 11) is 5.63. The number of ether oxygens (including phenoxy) is 1. The van der Waals surface area contributed by atoms with Gasteiger partial charge in [-0.3, -0.25) is 0 Å². The fraction of sp³-hybridized carbons (Fsp3) is 0.500. The Morgan fingerprint density at radius 1 is 1.50 bits per heavy atom. The van der Waals surface area contributed by atoms with Crippen molar-refractivity contribution >= 4 is 23.6 Å². The molecule has 0 fully saturated rings. The molecule has 0 aromatic carbocycles. The summed E-state index contributed by atoms with van der Waals surface area (Å²) in [4.78, 5) is 7.71. The van der Waals surface area contributed by atoms with Gasteiger partial charge in [0, 0.05) is 13.7 Å². The van der Waals surface area contributed by atoms with Gasteiger partial charge >= 0.3 is 0 Å². The number of thiazole rings is 1. The van der Waals surface area contributed by atoms with Crippen LogP contribution in [0.2, 0.25) is 0 Å². The van der Waals surface area contributed by atoms with Crippen LogP contribution in [0.4, 0.5) is 0 Å². The maximum absolute atomic E-state index is 5.32. The van der Waals surface area contributed by atoms with Gasteiger partial charge in [-0.15, -0.1) is 16.4 Å².